The lowest BCUT2D eigenvalue weighted by Crippen LogP contribution is -2.55. The summed E-state index contributed by atoms with van der Waals surface area (Å²) in [6.45, 7) is 4.47. The van der Waals surface area contributed by atoms with Gasteiger partial charge in [0.2, 0.25) is 11.8 Å². The van der Waals surface area contributed by atoms with E-state index in [1.807, 2.05) is 25.1 Å². The summed E-state index contributed by atoms with van der Waals surface area (Å²) in [6, 6.07) is 5.96. The number of carbonyl (C=O) groups excluding carboxylic acids is 2. The van der Waals surface area contributed by atoms with Crippen LogP contribution < -0.4 is 16.4 Å². The molecule has 0 bridgehead atoms. The molecule has 2 amide bonds. The van der Waals surface area contributed by atoms with Crippen LogP contribution in [-0.4, -0.2) is 23.9 Å². The minimum atomic E-state index is -0.746. The van der Waals surface area contributed by atoms with Crippen molar-refractivity contribution >= 4 is 17.5 Å². The average Bonchev–Trinajstić information content (AvgIpc) is 3.27. The first-order valence-corrected chi connectivity index (χ1v) is 9.81. The lowest BCUT2D eigenvalue weighted by atomic mass is 9.84. The lowest BCUT2D eigenvalue weighted by molar-refractivity contribution is -0.129. The maximum Gasteiger partial charge on any atom is 0.240 e. The molecule has 0 aromatic heterocycles. The van der Waals surface area contributed by atoms with E-state index >= 15 is 0 Å². The summed E-state index contributed by atoms with van der Waals surface area (Å²) < 4.78 is 0. The van der Waals surface area contributed by atoms with Gasteiger partial charge in [0.05, 0.1) is 11.0 Å². The molecule has 2 saturated carbocycles. The second-order valence-corrected chi connectivity index (χ2v) is 8.29. The van der Waals surface area contributed by atoms with E-state index in [9.17, 15) is 9.59 Å². The Labute approximate surface area is 156 Å². The van der Waals surface area contributed by atoms with Crippen LogP contribution in [0.5, 0.6) is 0 Å². The van der Waals surface area contributed by atoms with E-state index < -0.39 is 11.0 Å². The number of anilines is 1. The minimum absolute atomic E-state index is 0.0102. The summed E-state index contributed by atoms with van der Waals surface area (Å²) in [5, 5.41) is 6.08. The maximum atomic E-state index is 13.1. The van der Waals surface area contributed by atoms with Crippen molar-refractivity contribution in [1.29, 1.82) is 0 Å². The number of carbonyl (C=O) groups is 2. The molecule has 3 rings (SSSR count). The third-order valence-corrected chi connectivity index (χ3v) is 6.34. The molecule has 1 aromatic carbocycles. The van der Waals surface area contributed by atoms with Gasteiger partial charge in [0, 0.05) is 12.2 Å². The molecule has 4 N–H and O–H groups in total. The summed E-state index contributed by atoms with van der Waals surface area (Å²) in [4.78, 5) is 25.6. The predicted molar refractivity (Wildman–Crippen MR) is 104 cm³/mol. The molecule has 142 valence electrons. The molecule has 5 heteroatoms. The number of aryl methyl sites for hydroxylation is 2. The van der Waals surface area contributed by atoms with Gasteiger partial charge >= 0.3 is 0 Å². The van der Waals surface area contributed by atoms with Crippen molar-refractivity contribution in [2.75, 3.05) is 11.9 Å². The van der Waals surface area contributed by atoms with Crippen LogP contribution in [0, 0.1) is 19.3 Å². The number of nitrogens with one attached hydrogen (secondary N) is 2. The Morgan fingerprint density at radius 2 is 1.58 bits per heavy atom. The van der Waals surface area contributed by atoms with E-state index in [1.54, 1.807) is 0 Å². The van der Waals surface area contributed by atoms with Crippen molar-refractivity contribution in [3.63, 3.8) is 0 Å². The minimum Gasteiger partial charge on any atom is -0.353 e. The van der Waals surface area contributed by atoms with E-state index in [2.05, 4.69) is 17.6 Å². The number of rotatable bonds is 5. The second-order valence-electron chi connectivity index (χ2n) is 8.29. The molecule has 1 aromatic rings. The van der Waals surface area contributed by atoms with E-state index in [0.29, 0.717) is 6.54 Å². The lowest BCUT2D eigenvalue weighted by Gasteiger charge is -2.30. The van der Waals surface area contributed by atoms with Gasteiger partial charge in [-0.05, 0) is 62.8 Å². The van der Waals surface area contributed by atoms with Gasteiger partial charge in [-0.3, -0.25) is 9.59 Å². The first-order valence-electron chi connectivity index (χ1n) is 9.81. The fourth-order valence-corrected chi connectivity index (χ4v) is 4.28. The Bertz CT molecular complexity index is 686. The molecule has 2 aliphatic rings. The fraction of sp³-hybridized carbons (Fsp3) is 0.619. The van der Waals surface area contributed by atoms with Crippen LogP contribution in [0.1, 0.15) is 62.5 Å². The van der Waals surface area contributed by atoms with Crippen LogP contribution in [0.4, 0.5) is 5.69 Å². The zero-order chi connectivity index (χ0) is 18.8. The van der Waals surface area contributed by atoms with E-state index in [0.717, 1.165) is 62.6 Å². The smallest absolute Gasteiger partial charge is 0.240 e. The number of hydrogen-bond acceptors (Lipinski definition) is 3. The van der Waals surface area contributed by atoms with Crippen LogP contribution >= 0.6 is 0 Å². The summed E-state index contributed by atoms with van der Waals surface area (Å²) in [5.74, 6) is -0.0868. The highest BCUT2D eigenvalue weighted by atomic mass is 16.2. The van der Waals surface area contributed by atoms with Gasteiger partial charge in [-0.1, -0.05) is 31.7 Å². The van der Waals surface area contributed by atoms with Gasteiger partial charge in [0.25, 0.3) is 0 Å². The molecule has 0 saturated heterocycles. The van der Waals surface area contributed by atoms with Crippen molar-refractivity contribution in [1.82, 2.24) is 5.32 Å². The molecule has 0 atom stereocenters. The zero-order valence-electron chi connectivity index (χ0n) is 16.0. The van der Waals surface area contributed by atoms with Gasteiger partial charge in [-0.2, -0.15) is 0 Å². The number of nitrogens with two attached hydrogens (primary N) is 1. The fourth-order valence-electron chi connectivity index (χ4n) is 4.28. The van der Waals surface area contributed by atoms with Crippen LogP contribution in [0.3, 0.4) is 0 Å². The highest BCUT2D eigenvalue weighted by Gasteiger charge is 2.43. The average molecular weight is 357 g/mol. The molecular formula is C21H31N3O2. The molecule has 26 heavy (non-hydrogen) atoms. The zero-order valence-corrected chi connectivity index (χ0v) is 16.0. The molecule has 0 heterocycles. The Balaban J connectivity index is 1.67. The Kier molecular flexibility index (Phi) is 5.37. The van der Waals surface area contributed by atoms with E-state index in [1.165, 1.54) is 5.56 Å². The number of amides is 2. The van der Waals surface area contributed by atoms with Gasteiger partial charge in [0.15, 0.2) is 0 Å². The molecule has 0 unspecified atom stereocenters. The van der Waals surface area contributed by atoms with Crippen LogP contribution in [0.15, 0.2) is 18.2 Å². The summed E-state index contributed by atoms with van der Waals surface area (Å²) >= 11 is 0. The molecular weight excluding hydrogens is 326 g/mol. The van der Waals surface area contributed by atoms with Gasteiger partial charge in [-0.15, -0.1) is 0 Å². The third-order valence-electron chi connectivity index (χ3n) is 6.34. The SMILES string of the molecule is Cc1ccc(NC(=O)C2(CNC(=O)C3(N)CCCC3)CCCC2)cc1C. The van der Waals surface area contributed by atoms with Crippen molar-refractivity contribution in [3.8, 4) is 0 Å². The first-order chi connectivity index (χ1) is 12.3. The quantitative estimate of drug-likeness (QED) is 0.757. The van der Waals surface area contributed by atoms with Crippen molar-refractivity contribution in [2.45, 2.75) is 70.8 Å². The Morgan fingerprint density at radius 3 is 2.19 bits per heavy atom. The third kappa shape index (κ3) is 3.78. The topological polar surface area (TPSA) is 84.2 Å². The normalized spacial score (nSPS) is 20.7. The first kappa shape index (κ1) is 18.9. The number of benzene rings is 1. The van der Waals surface area contributed by atoms with Crippen molar-refractivity contribution < 1.29 is 9.59 Å². The summed E-state index contributed by atoms with van der Waals surface area (Å²) in [7, 11) is 0. The predicted octanol–water partition coefficient (Wildman–Crippen LogP) is 3.19. The molecule has 0 aliphatic heterocycles. The number of hydrogen-bond donors (Lipinski definition) is 3. The van der Waals surface area contributed by atoms with Crippen molar-refractivity contribution in [3.05, 3.63) is 29.3 Å². The molecule has 0 spiro atoms. The molecule has 2 aliphatic carbocycles. The van der Waals surface area contributed by atoms with Gasteiger partial charge in [-0.25, -0.2) is 0 Å². The van der Waals surface area contributed by atoms with Crippen LogP contribution in [-0.2, 0) is 9.59 Å². The summed E-state index contributed by atoms with van der Waals surface area (Å²) in [5.41, 5.74) is 8.16. The van der Waals surface area contributed by atoms with Gasteiger partial charge < -0.3 is 16.4 Å². The largest absolute Gasteiger partial charge is 0.353 e. The second kappa shape index (κ2) is 7.39. The Morgan fingerprint density at radius 1 is 0.962 bits per heavy atom. The van der Waals surface area contributed by atoms with Gasteiger partial charge in [0.1, 0.15) is 0 Å². The van der Waals surface area contributed by atoms with Crippen molar-refractivity contribution in [2.24, 2.45) is 11.1 Å². The highest BCUT2D eigenvalue weighted by Crippen LogP contribution is 2.39. The summed E-state index contributed by atoms with van der Waals surface area (Å²) in [6.07, 6.45) is 7.13. The van der Waals surface area contributed by atoms with E-state index in [-0.39, 0.29) is 11.8 Å². The maximum absolute atomic E-state index is 13.1. The van der Waals surface area contributed by atoms with E-state index in [4.69, 9.17) is 5.73 Å². The van der Waals surface area contributed by atoms with Crippen LogP contribution in [0.2, 0.25) is 0 Å². The monoisotopic (exact) mass is 357 g/mol. The molecule has 5 nitrogen and oxygen atoms in total. The Hall–Kier alpha value is -1.88. The van der Waals surface area contributed by atoms with Crippen LogP contribution in [0.25, 0.3) is 0 Å². The molecule has 2 fully saturated rings. The highest BCUT2D eigenvalue weighted by molar-refractivity contribution is 5.96. The standard InChI is InChI=1S/C21H31N3O2/c1-15-7-8-17(13-16(15)2)24-18(25)20(9-3-4-10-20)14-23-19(26)21(22)11-5-6-12-21/h7-8,13H,3-6,9-12,14,22H2,1-2H3,(H,23,26)(H,24,25). The molecule has 0 radical (unpaired) electrons.